The highest BCUT2D eigenvalue weighted by molar-refractivity contribution is 5.16. The van der Waals surface area contributed by atoms with Gasteiger partial charge in [-0.2, -0.15) is 0 Å². The van der Waals surface area contributed by atoms with Crippen molar-refractivity contribution in [2.45, 2.75) is 12.5 Å². The summed E-state index contributed by atoms with van der Waals surface area (Å²) in [4.78, 5) is 6.29. The van der Waals surface area contributed by atoms with Crippen LogP contribution in [0.3, 0.4) is 0 Å². The van der Waals surface area contributed by atoms with Crippen molar-refractivity contribution < 1.29 is 4.39 Å². The Morgan fingerprint density at radius 2 is 2.50 bits per heavy atom. The van der Waals surface area contributed by atoms with Gasteiger partial charge in [-0.05, 0) is 31.6 Å². The summed E-state index contributed by atoms with van der Waals surface area (Å²) < 4.78 is 12.8. The molecule has 2 heterocycles. The molecule has 1 aliphatic heterocycles. The lowest BCUT2D eigenvalue weighted by Gasteiger charge is -2.23. The Balaban J connectivity index is 2.23. The van der Waals surface area contributed by atoms with E-state index in [2.05, 4.69) is 9.88 Å². The monoisotopic (exact) mass is 194 g/mol. The van der Waals surface area contributed by atoms with Crippen molar-refractivity contribution in [1.82, 2.24) is 9.88 Å². The predicted molar refractivity (Wildman–Crippen MR) is 53.7 cm³/mol. The number of hydrogen-bond acceptors (Lipinski definition) is 2. The smallest absolute Gasteiger partial charge is 0.0941 e. The molecule has 1 saturated heterocycles. The Labute approximate surface area is 83.8 Å². The fourth-order valence-electron chi connectivity index (χ4n) is 2.27. The molecule has 76 valence electrons. The van der Waals surface area contributed by atoms with Crippen molar-refractivity contribution in [2.24, 2.45) is 5.92 Å². The third kappa shape index (κ3) is 1.64. The van der Waals surface area contributed by atoms with Crippen LogP contribution in [-0.4, -0.2) is 30.2 Å². The first-order valence-electron chi connectivity index (χ1n) is 4.99. The normalized spacial score (nSPS) is 28.1. The lowest BCUT2D eigenvalue weighted by Crippen LogP contribution is -2.22. The van der Waals surface area contributed by atoms with Crippen LogP contribution in [0.1, 0.15) is 18.0 Å². The quantitative estimate of drug-likeness (QED) is 0.716. The van der Waals surface area contributed by atoms with Gasteiger partial charge in [0.2, 0.25) is 0 Å². The number of pyridine rings is 1. The van der Waals surface area contributed by atoms with Crippen LogP contribution in [-0.2, 0) is 0 Å². The zero-order valence-electron chi connectivity index (χ0n) is 8.36. The van der Waals surface area contributed by atoms with Gasteiger partial charge in [0.15, 0.2) is 0 Å². The zero-order chi connectivity index (χ0) is 9.97. The Kier molecular flexibility index (Phi) is 2.77. The van der Waals surface area contributed by atoms with Gasteiger partial charge in [-0.25, -0.2) is 0 Å². The molecule has 1 fully saturated rings. The van der Waals surface area contributed by atoms with Crippen LogP contribution in [0.5, 0.6) is 0 Å². The first kappa shape index (κ1) is 9.59. The van der Waals surface area contributed by atoms with Crippen molar-refractivity contribution in [1.29, 1.82) is 0 Å². The molecule has 0 spiro atoms. The minimum absolute atomic E-state index is 0.143. The van der Waals surface area contributed by atoms with E-state index in [1.807, 2.05) is 25.4 Å². The van der Waals surface area contributed by atoms with Crippen molar-refractivity contribution in [3.63, 3.8) is 0 Å². The van der Waals surface area contributed by atoms with Gasteiger partial charge < -0.3 is 0 Å². The molecule has 0 unspecified atom stereocenters. The average Bonchev–Trinajstić information content (AvgIpc) is 2.61. The summed E-state index contributed by atoms with van der Waals surface area (Å²) >= 11 is 0. The minimum atomic E-state index is -0.232. The van der Waals surface area contributed by atoms with Crippen LogP contribution in [0, 0.1) is 5.92 Å². The molecule has 3 heteroatoms. The molecule has 1 aliphatic rings. The summed E-state index contributed by atoms with van der Waals surface area (Å²) in [6, 6.07) is 4.16. The summed E-state index contributed by atoms with van der Waals surface area (Å²) in [6.07, 6.45) is 4.55. The van der Waals surface area contributed by atoms with Gasteiger partial charge in [-0.3, -0.25) is 14.3 Å². The molecule has 0 aromatic carbocycles. The maximum Gasteiger partial charge on any atom is 0.0941 e. The molecule has 0 bridgehead atoms. The van der Waals surface area contributed by atoms with Crippen LogP contribution in [0.25, 0.3) is 0 Å². The molecule has 1 aromatic heterocycles. The first-order chi connectivity index (χ1) is 6.83. The largest absolute Gasteiger partial charge is 0.299 e. The van der Waals surface area contributed by atoms with E-state index in [1.165, 1.54) is 0 Å². The van der Waals surface area contributed by atoms with Crippen molar-refractivity contribution in [2.75, 3.05) is 20.3 Å². The molecular formula is C11H15FN2. The van der Waals surface area contributed by atoms with Gasteiger partial charge >= 0.3 is 0 Å². The number of alkyl halides is 1. The lowest BCUT2D eigenvalue weighted by molar-refractivity contribution is 0.245. The Morgan fingerprint density at radius 3 is 3.14 bits per heavy atom. The predicted octanol–water partition coefficient (Wildman–Crippen LogP) is 2.04. The number of likely N-dealkylation sites (tertiary alicyclic amines) is 1. The standard InChI is InChI=1S/C11H15FN2/c1-14-6-4-9(7-12)11(14)10-3-2-5-13-8-10/h2-3,5,8-9,11H,4,6-7H2,1H3/t9-,11+/m1/s1. The first-order valence-corrected chi connectivity index (χ1v) is 4.99. The van der Waals surface area contributed by atoms with Gasteiger partial charge in [-0.15, -0.1) is 0 Å². The summed E-state index contributed by atoms with van der Waals surface area (Å²) in [6.45, 7) is 0.748. The van der Waals surface area contributed by atoms with Crippen molar-refractivity contribution in [3.8, 4) is 0 Å². The van der Waals surface area contributed by atoms with Crippen molar-refractivity contribution >= 4 is 0 Å². The van der Waals surface area contributed by atoms with E-state index in [0.29, 0.717) is 0 Å². The molecule has 0 aliphatic carbocycles. The van der Waals surface area contributed by atoms with E-state index in [9.17, 15) is 4.39 Å². The Morgan fingerprint density at radius 1 is 1.64 bits per heavy atom. The van der Waals surface area contributed by atoms with Crippen LogP contribution in [0.15, 0.2) is 24.5 Å². The number of nitrogens with zero attached hydrogens (tertiary/aromatic N) is 2. The van der Waals surface area contributed by atoms with Crippen LogP contribution in [0.4, 0.5) is 4.39 Å². The van der Waals surface area contributed by atoms with E-state index >= 15 is 0 Å². The van der Waals surface area contributed by atoms with Gasteiger partial charge in [0.1, 0.15) is 0 Å². The minimum Gasteiger partial charge on any atom is -0.299 e. The Bertz CT molecular complexity index is 289. The zero-order valence-corrected chi connectivity index (χ0v) is 8.36. The van der Waals surface area contributed by atoms with Crippen LogP contribution in [0.2, 0.25) is 0 Å². The van der Waals surface area contributed by atoms with Gasteiger partial charge in [0, 0.05) is 24.4 Å². The second-order valence-electron chi connectivity index (χ2n) is 3.91. The average molecular weight is 194 g/mol. The number of aromatic nitrogens is 1. The maximum atomic E-state index is 12.8. The third-order valence-electron chi connectivity index (χ3n) is 3.00. The van der Waals surface area contributed by atoms with Crippen molar-refractivity contribution in [3.05, 3.63) is 30.1 Å². The second-order valence-corrected chi connectivity index (χ2v) is 3.91. The molecule has 1 aromatic rings. The molecule has 2 atom stereocenters. The number of hydrogen-bond donors (Lipinski definition) is 0. The lowest BCUT2D eigenvalue weighted by atomic mass is 9.96. The van der Waals surface area contributed by atoms with E-state index < -0.39 is 0 Å². The highest BCUT2D eigenvalue weighted by atomic mass is 19.1. The van der Waals surface area contributed by atoms with E-state index in [-0.39, 0.29) is 18.6 Å². The topological polar surface area (TPSA) is 16.1 Å². The number of rotatable bonds is 2. The summed E-state index contributed by atoms with van der Waals surface area (Å²) in [7, 11) is 2.05. The van der Waals surface area contributed by atoms with Gasteiger partial charge in [0.25, 0.3) is 0 Å². The van der Waals surface area contributed by atoms with E-state index in [4.69, 9.17) is 0 Å². The molecule has 0 radical (unpaired) electrons. The van der Waals surface area contributed by atoms with E-state index in [0.717, 1.165) is 18.5 Å². The molecule has 2 rings (SSSR count). The SMILES string of the molecule is CN1CC[C@H](CF)[C@H]1c1cccnc1. The Hall–Kier alpha value is -0.960. The summed E-state index contributed by atoms with van der Waals surface area (Å²) in [5, 5.41) is 0. The fraction of sp³-hybridized carbons (Fsp3) is 0.545. The van der Waals surface area contributed by atoms with E-state index in [1.54, 1.807) is 6.20 Å². The highest BCUT2D eigenvalue weighted by Crippen LogP contribution is 2.35. The maximum absolute atomic E-state index is 12.8. The number of halogens is 1. The molecule has 0 N–H and O–H groups in total. The molecular weight excluding hydrogens is 179 g/mol. The fourth-order valence-corrected chi connectivity index (χ4v) is 2.27. The summed E-state index contributed by atoms with van der Waals surface area (Å²) in [5.74, 6) is 0.143. The third-order valence-corrected chi connectivity index (χ3v) is 3.00. The second kappa shape index (κ2) is 4.05. The van der Waals surface area contributed by atoms with Gasteiger partial charge in [-0.1, -0.05) is 6.07 Å². The molecule has 0 amide bonds. The van der Waals surface area contributed by atoms with Gasteiger partial charge in [0.05, 0.1) is 6.67 Å². The van der Waals surface area contributed by atoms with Crippen LogP contribution >= 0.6 is 0 Å². The van der Waals surface area contributed by atoms with Crippen LogP contribution < -0.4 is 0 Å². The summed E-state index contributed by atoms with van der Waals surface area (Å²) in [5.41, 5.74) is 1.13. The highest BCUT2D eigenvalue weighted by Gasteiger charge is 2.32. The molecule has 2 nitrogen and oxygen atoms in total. The molecule has 0 saturated carbocycles. The molecule has 14 heavy (non-hydrogen) atoms.